The molecule has 5 N–H and O–H groups in total. The Hall–Kier alpha value is -3.83. The predicted octanol–water partition coefficient (Wildman–Crippen LogP) is 5.00. The van der Waals surface area contributed by atoms with Crippen LogP contribution in [0.25, 0.3) is 0 Å². The molecular weight excluding hydrogens is 813 g/mol. The van der Waals surface area contributed by atoms with Gasteiger partial charge >= 0.3 is 0 Å². The van der Waals surface area contributed by atoms with Gasteiger partial charge in [0.05, 0.1) is 14.5 Å². The van der Waals surface area contributed by atoms with E-state index in [2.05, 4.69) is 25.7 Å². The molecule has 14 nitrogen and oxygen atoms in total. The molecule has 3 fully saturated rings. The molecule has 1 aromatic heterocycles. The summed E-state index contributed by atoms with van der Waals surface area (Å²) in [6.45, 7) is 12.5. The summed E-state index contributed by atoms with van der Waals surface area (Å²) in [7, 11) is -4.21. The number of benzene rings is 1. The number of sulfonamides is 1. The number of aromatic amines is 1. The summed E-state index contributed by atoms with van der Waals surface area (Å²) in [5.41, 5.74) is 0.856. The van der Waals surface area contributed by atoms with Gasteiger partial charge in [0.1, 0.15) is 29.9 Å². The summed E-state index contributed by atoms with van der Waals surface area (Å²) >= 11 is 3.38. The molecule has 4 atom stereocenters. The third kappa shape index (κ3) is 10.9. The number of carbonyl (C=O) groups is 6. The number of hydrogen-bond acceptors (Lipinski definition) is 10. The number of Topliss-reactive ketones (excluding diaryl/α,β-unsaturated/α-hetero) is 1. The second kappa shape index (κ2) is 19.3. The molecule has 0 radical (unpaired) electrons. The van der Waals surface area contributed by atoms with E-state index >= 15 is 0 Å². The molecule has 3 heterocycles. The van der Waals surface area contributed by atoms with E-state index in [9.17, 15) is 37.2 Å². The van der Waals surface area contributed by atoms with Crippen LogP contribution in [-0.2, 0) is 29.2 Å². The number of nitrogens with one attached hydrogen (secondary N) is 5. The summed E-state index contributed by atoms with van der Waals surface area (Å²) in [6, 6.07) is 3.16. The first-order chi connectivity index (χ1) is 27.8. The van der Waals surface area contributed by atoms with E-state index in [1.165, 1.54) is 24.0 Å². The highest BCUT2D eigenvalue weighted by molar-refractivity contribution is 8.18. The first-order valence-electron chi connectivity index (χ1n) is 20.6. The van der Waals surface area contributed by atoms with Gasteiger partial charge in [-0.2, -0.15) is 0 Å². The summed E-state index contributed by atoms with van der Waals surface area (Å²) in [4.78, 5) is 88.3. The van der Waals surface area contributed by atoms with Gasteiger partial charge < -0.3 is 25.8 Å². The summed E-state index contributed by atoms with van der Waals surface area (Å²) in [5, 5.41) is 8.74. The van der Waals surface area contributed by atoms with Gasteiger partial charge in [0.25, 0.3) is 21.8 Å². The standard InChI is InChI=1S/C42H60N6O8S3/c1-8-16-30(36(50)47-59(55,56)29-19-13-10-14-20-29)44-37(51)31-23-42(57-21-15-22-58-42)24-48(31)40(54)35(41(5,6)7)46-38(52)33(28-17-11-9-12-18-28)45-39(53)34-32(27(4)49)25(2)26(3)43-34/h10,13-14,19-20,28,30-31,33,35,43H,8-9,11-12,15-18,21-24H2,1-7H3,(H,44,51)(H,45,53)(H,46,52)(H,47,50)/t30-,31-,33+,35+/m0/s1. The average molecular weight is 873 g/mol. The minimum absolute atomic E-state index is 0.0911. The van der Waals surface area contributed by atoms with Crippen molar-refractivity contribution in [3.8, 4) is 0 Å². The monoisotopic (exact) mass is 872 g/mol. The average Bonchev–Trinajstić information content (AvgIpc) is 3.71. The number of thioether (sulfide) groups is 2. The van der Waals surface area contributed by atoms with Crippen LogP contribution in [0.15, 0.2) is 35.2 Å². The fraction of sp³-hybridized carbons (Fsp3) is 0.619. The highest BCUT2D eigenvalue weighted by Crippen LogP contribution is 2.50. The molecule has 5 amide bonds. The lowest BCUT2D eigenvalue weighted by molar-refractivity contribution is -0.144. The van der Waals surface area contributed by atoms with Gasteiger partial charge in [-0.1, -0.05) is 71.6 Å². The van der Waals surface area contributed by atoms with E-state index in [0.29, 0.717) is 36.9 Å². The zero-order valence-corrected chi connectivity index (χ0v) is 37.6. The highest BCUT2D eigenvalue weighted by atomic mass is 32.2. The zero-order chi connectivity index (χ0) is 43.3. The molecule has 59 heavy (non-hydrogen) atoms. The quantitative estimate of drug-likeness (QED) is 0.161. The van der Waals surface area contributed by atoms with Crippen molar-refractivity contribution in [1.29, 1.82) is 0 Å². The second-order valence-corrected chi connectivity index (χ2v) is 22.0. The van der Waals surface area contributed by atoms with E-state index in [4.69, 9.17) is 0 Å². The molecule has 3 aliphatic rings. The number of likely N-dealkylation sites (tertiary alicyclic amines) is 1. The van der Waals surface area contributed by atoms with Crippen LogP contribution in [0.2, 0.25) is 0 Å². The van der Waals surface area contributed by atoms with Crippen molar-refractivity contribution in [2.45, 2.75) is 139 Å². The van der Waals surface area contributed by atoms with Gasteiger partial charge in [-0.25, -0.2) is 13.1 Å². The Morgan fingerprint density at radius 2 is 1.56 bits per heavy atom. The SMILES string of the molecule is CCC[C@H](NC(=O)[C@@H]1CC2(CN1C(=O)[C@@H](NC(=O)[C@H](NC(=O)c1[nH]c(C)c(C)c1C(C)=O)C1CCCCC1)C(C)(C)C)SCCCS2)C(=O)NS(=O)(=O)c1ccccc1. The molecule has 1 aliphatic carbocycles. The first kappa shape index (κ1) is 46.2. The number of amides is 5. The Labute approximate surface area is 356 Å². The molecule has 0 unspecified atom stereocenters. The van der Waals surface area contributed by atoms with E-state index in [0.717, 1.165) is 37.2 Å². The molecule has 1 spiro atoms. The topological polar surface area (TPSA) is 204 Å². The fourth-order valence-corrected chi connectivity index (χ4v) is 12.7. The number of aromatic nitrogens is 1. The van der Waals surface area contributed by atoms with Crippen LogP contribution in [0.3, 0.4) is 0 Å². The summed E-state index contributed by atoms with van der Waals surface area (Å²) < 4.78 is 27.7. The van der Waals surface area contributed by atoms with Gasteiger partial charge in [0, 0.05) is 18.7 Å². The van der Waals surface area contributed by atoms with E-state index in [1.807, 2.05) is 27.7 Å². The largest absolute Gasteiger partial charge is 0.354 e. The van der Waals surface area contributed by atoms with Crippen LogP contribution in [0, 0.1) is 25.2 Å². The van der Waals surface area contributed by atoms with Crippen LogP contribution >= 0.6 is 23.5 Å². The maximum Gasteiger partial charge on any atom is 0.269 e. The molecule has 324 valence electrons. The zero-order valence-electron chi connectivity index (χ0n) is 35.2. The van der Waals surface area contributed by atoms with E-state index < -0.39 is 73.2 Å². The predicted molar refractivity (Wildman–Crippen MR) is 230 cm³/mol. The fourth-order valence-electron chi connectivity index (χ4n) is 8.27. The van der Waals surface area contributed by atoms with Crippen molar-refractivity contribution in [3.05, 3.63) is 52.8 Å². The Bertz CT molecular complexity index is 2000. The molecule has 2 aromatic rings. The normalized spacial score (nSPS) is 20.0. The number of ketones is 1. The minimum Gasteiger partial charge on any atom is -0.354 e. The Morgan fingerprint density at radius 3 is 2.15 bits per heavy atom. The van der Waals surface area contributed by atoms with Crippen molar-refractivity contribution >= 4 is 68.9 Å². The van der Waals surface area contributed by atoms with Crippen LogP contribution in [0.5, 0.6) is 0 Å². The third-order valence-corrected chi connectivity index (χ3v) is 16.3. The second-order valence-electron chi connectivity index (χ2n) is 17.1. The number of nitrogens with zero attached hydrogens (tertiary/aromatic N) is 1. The number of H-pyrrole nitrogens is 1. The lowest BCUT2D eigenvalue weighted by Gasteiger charge is -2.38. The molecule has 17 heteroatoms. The van der Waals surface area contributed by atoms with Gasteiger partial charge in [-0.05, 0) is 87.0 Å². The summed E-state index contributed by atoms with van der Waals surface area (Å²) in [6.07, 6.45) is 6.03. The molecule has 2 saturated heterocycles. The van der Waals surface area contributed by atoms with Crippen molar-refractivity contribution in [3.63, 3.8) is 0 Å². The third-order valence-electron chi connectivity index (χ3n) is 11.6. The number of rotatable bonds is 14. The minimum atomic E-state index is -4.21. The van der Waals surface area contributed by atoms with Gasteiger partial charge in [0.2, 0.25) is 17.7 Å². The smallest absolute Gasteiger partial charge is 0.269 e. The molecule has 5 rings (SSSR count). The maximum atomic E-state index is 15.0. The molecule has 2 aliphatic heterocycles. The first-order valence-corrected chi connectivity index (χ1v) is 24.1. The van der Waals surface area contributed by atoms with Crippen molar-refractivity contribution in [1.82, 2.24) is 30.6 Å². The van der Waals surface area contributed by atoms with E-state index in [-0.39, 0.29) is 40.8 Å². The Morgan fingerprint density at radius 1 is 0.915 bits per heavy atom. The van der Waals surface area contributed by atoms with Crippen molar-refractivity contribution in [2.24, 2.45) is 11.3 Å². The van der Waals surface area contributed by atoms with Crippen LogP contribution in [0.4, 0.5) is 0 Å². The van der Waals surface area contributed by atoms with E-state index in [1.54, 1.807) is 55.6 Å². The lowest BCUT2D eigenvalue weighted by Crippen LogP contribution is -2.62. The number of aryl methyl sites for hydroxylation is 1. The van der Waals surface area contributed by atoms with Crippen LogP contribution < -0.4 is 20.7 Å². The molecule has 1 saturated carbocycles. The number of carbonyl (C=O) groups excluding carboxylic acids is 6. The Balaban J connectivity index is 1.41. The van der Waals surface area contributed by atoms with Crippen LogP contribution in [0.1, 0.15) is 125 Å². The molecule has 1 aromatic carbocycles. The Kier molecular flexibility index (Phi) is 15.1. The van der Waals surface area contributed by atoms with Crippen molar-refractivity contribution in [2.75, 3.05) is 18.1 Å². The highest BCUT2D eigenvalue weighted by Gasteiger charge is 2.53. The lowest BCUT2D eigenvalue weighted by atomic mass is 9.82. The van der Waals surface area contributed by atoms with Crippen LogP contribution in [-0.4, -0.2) is 99.9 Å². The number of hydrogen-bond donors (Lipinski definition) is 5. The molecule has 0 bridgehead atoms. The molecular formula is C42H60N6O8S3. The maximum absolute atomic E-state index is 15.0. The van der Waals surface area contributed by atoms with Crippen molar-refractivity contribution < 1.29 is 37.2 Å². The van der Waals surface area contributed by atoms with Gasteiger partial charge in [-0.3, -0.25) is 28.8 Å². The summed E-state index contributed by atoms with van der Waals surface area (Å²) in [5.74, 6) is -1.85. The van der Waals surface area contributed by atoms with Gasteiger partial charge in [0.15, 0.2) is 5.78 Å². The van der Waals surface area contributed by atoms with Gasteiger partial charge in [-0.15, -0.1) is 23.5 Å².